The molecule has 2 aromatic rings. The number of fused-ring (bicyclic) bond motifs is 1. The second-order valence-corrected chi connectivity index (χ2v) is 4.65. The zero-order valence-electron chi connectivity index (χ0n) is 10.5. The van der Waals surface area contributed by atoms with Gasteiger partial charge >= 0.3 is 0 Å². The van der Waals surface area contributed by atoms with E-state index in [-0.39, 0.29) is 5.92 Å². The van der Waals surface area contributed by atoms with Crippen LogP contribution in [0.15, 0.2) is 28.8 Å². The average molecular weight is 243 g/mol. The van der Waals surface area contributed by atoms with Gasteiger partial charge in [0.2, 0.25) is 5.89 Å². The SMILES string of the molecule is CCCc1noc(C2CCNc3ccccc32)n1. The minimum Gasteiger partial charge on any atom is -0.385 e. The lowest BCUT2D eigenvalue weighted by molar-refractivity contribution is 0.356. The van der Waals surface area contributed by atoms with Crippen molar-refractivity contribution in [3.05, 3.63) is 41.5 Å². The van der Waals surface area contributed by atoms with Gasteiger partial charge in [0.15, 0.2) is 5.82 Å². The largest absolute Gasteiger partial charge is 0.385 e. The molecule has 2 heterocycles. The summed E-state index contributed by atoms with van der Waals surface area (Å²) in [5.41, 5.74) is 2.44. The normalized spacial score (nSPS) is 18.2. The molecular weight excluding hydrogens is 226 g/mol. The molecule has 0 saturated carbocycles. The van der Waals surface area contributed by atoms with Crippen LogP contribution in [-0.4, -0.2) is 16.7 Å². The van der Waals surface area contributed by atoms with E-state index >= 15 is 0 Å². The number of aryl methyl sites for hydroxylation is 1. The lowest BCUT2D eigenvalue weighted by Crippen LogP contribution is -2.17. The molecule has 18 heavy (non-hydrogen) atoms. The summed E-state index contributed by atoms with van der Waals surface area (Å²) < 4.78 is 5.42. The molecule has 0 radical (unpaired) electrons. The van der Waals surface area contributed by atoms with Crippen molar-refractivity contribution >= 4 is 5.69 Å². The summed E-state index contributed by atoms with van der Waals surface area (Å²) in [6.45, 7) is 3.07. The van der Waals surface area contributed by atoms with Gasteiger partial charge in [-0.05, 0) is 24.5 Å². The maximum absolute atomic E-state index is 5.42. The number of aromatic nitrogens is 2. The third kappa shape index (κ3) is 1.98. The molecule has 1 atom stereocenters. The Balaban J connectivity index is 1.92. The average Bonchev–Trinajstić information content (AvgIpc) is 2.87. The van der Waals surface area contributed by atoms with Gasteiger partial charge in [0.1, 0.15) is 0 Å². The summed E-state index contributed by atoms with van der Waals surface area (Å²) in [7, 11) is 0. The lowest BCUT2D eigenvalue weighted by Gasteiger charge is -2.23. The summed E-state index contributed by atoms with van der Waals surface area (Å²) in [5, 5.41) is 7.45. The molecule has 0 bridgehead atoms. The van der Waals surface area contributed by atoms with Gasteiger partial charge in [-0.15, -0.1) is 0 Å². The fourth-order valence-corrected chi connectivity index (χ4v) is 2.46. The van der Waals surface area contributed by atoms with E-state index in [9.17, 15) is 0 Å². The minimum absolute atomic E-state index is 0.237. The van der Waals surface area contributed by atoms with Crippen LogP contribution >= 0.6 is 0 Å². The molecule has 4 heteroatoms. The highest BCUT2D eigenvalue weighted by Crippen LogP contribution is 2.35. The molecule has 4 nitrogen and oxygen atoms in total. The number of anilines is 1. The van der Waals surface area contributed by atoms with Crippen molar-refractivity contribution in [2.45, 2.75) is 32.1 Å². The first-order chi connectivity index (χ1) is 8.88. The number of rotatable bonds is 3. The van der Waals surface area contributed by atoms with Crippen LogP contribution in [-0.2, 0) is 6.42 Å². The molecule has 1 aromatic carbocycles. The lowest BCUT2D eigenvalue weighted by atomic mass is 9.91. The zero-order chi connectivity index (χ0) is 12.4. The van der Waals surface area contributed by atoms with E-state index in [0.29, 0.717) is 0 Å². The highest BCUT2D eigenvalue weighted by atomic mass is 16.5. The van der Waals surface area contributed by atoms with Gasteiger partial charge in [-0.25, -0.2) is 0 Å². The van der Waals surface area contributed by atoms with E-state index in [1.165, 1.54) is 11.3 Å². The Bertz CT molecular complexity index is 535. The van der Waals surface area contributed by atoms with Crippen LogP contribution in [0.2, 0.25) is 0 Å². The topological polar surface area (TPSA) is 51.0 Å². The highest BCUT2D eigenvalue weighted by molar-refractivity contribution is 5.56. The predicted molar refractivity (Wildman–Crippen MR) is 69.7 cm³/mol. The van der Waals surface area contributed by atoms with E-state index in [1.807, 2.05) is 6.07 Å². The highest BCUT2D eigenvalue weighted by Gasteiger charge is 2.26. The monoisotopic (exact) mass is 243 g/mol. The molecule has 3 rings (SSSR count). The van der Waals surface area contributed by atoms with Crippen LogP contribution in [0.25, 0.3) is 0 Å². The maximum Gasteiger partial charge on any atom is 0.234 e. The summed E-state index contributed by atoms with van der Waals surface area (Å²) in [5.74, 6) is 1.82. The number of para-hydroxylation sites is 1. The summed E-state index contributed by atoms with van der Waals surface area (Å²) in [4.78, 5) is 4.52. The Labute approximate surface area is 106 Å². The van der Waals surface area contributed by atoms with Crippen LogP contribution in [0.3, 0.4) is 0 Å². The standard InChI is InChI=1S/C14H17N3O/c1-2-5-13-16-14(18-17-13)11-8-9-15-12-7-4-3-6-10(11)12/h3-4,6-7,11,15H,2,5,8-9H2,1H3. The predicted octanol–water partition coefficient (Wildman–Crippen LogP) is 2.97. The third-order valence-electron chi connectivity index (χ3n) is 3.34. The number of hydrogen-bond donors (Lipinski definition) is 1. The zero-order valence-corrected chi connectivity index (χ0v) is 10.5. The first kappa shape index (κ1) is 11.3. The van der Waals surface area contributed by atoms with Crippen LogP contribution in [0, 0.1) is 0 Å². The Kier molecular flexibility index (Phi) is 3.00. The van der Waals surface area contributed by atoms with Gasteiger partial charge in [-0.3, -0.25) is 0 Å². The molecule has 0 amide bonds. The van der Waals surface area contributed by atoms with Crippen molar-refractivity contribution in [2.24, 2.45) is 0 Å². The van der Waals surface area contributed by atoms with Gasteiger partial charge in [0, 0.05) is 18.7 Å². The molecule has 1 aliphatic heterocycles. The Hall–Kier alpha value is -1.84. The Morgan fingerprint density at radius 2 is 2.28 bits per heavy atom. The summed E-state index contributed by atoms with van der Waals surface area (Å²) in [6.07, 6.45) is 2.93. The molecule has 0 saturated heterocycles. The van der Waals surface area contributed by atoms with Crippen molar-refractivity contribution in [2.75, 3.05) is 11.9 Å². The maximum atomic E-state index is 5.42. The van der Waals surface area contributed by atoms with Gasteiger partial charge in [-0.1, -0.05) is 30.3 Å². The Morgan fingerprint density at radius 1 is 1.39 bits per heavy atom. The van der Waals surface area contributed by atoms with E-state index in [4.69, 9.17) is 4.52 Å². The number of nitrogens with zero attached hydrogens (tertiary/aromatic N) is 2. The second-order valence-electron chi connectivity index (χ2n) is 4.65. The fourth-order valence-electron chi connectivity index (χ4n) is 2.46. The van der Waals surface area contributed by atoms with Crippen molar-refractivity contribution < 1.29 is 4.52 Å². The fraction of sp³-hybridized carbons (Fsp3) is 0.429. The molecular formula is C14H17N3O. The van der Waals surface area contributed by atoms with Crippen LogP contribution in [0.4, 0.5) is 5.69 Å². The van der Waals surface area contributed by atoms with E-state index in [2.05, 4.69) is 40.6 Å². The molecule has 1 aromatic heterocycles. The van der Waals surface area contributed by atoms with Crippen molar-refractivity contribution in [1.29, 1.82) is 0 Å². The van der Waals surface area contributed by atoms with Crippen molar-refractivity contribution in [1.82, 2.24) is 10.1 Å². The quantitative estimate of drug-likeness (QED) is 0.900. The van der Waals surface area contributed by atoms with Crippen LogP contribution in [0.1, 0.15) is 43.0 Å². The van der Waals surface area contributed by atoms with E-state index < -0.39 is 0 Å². The molecule has 0 aliphatic carbocycles. The molecule has 94 valence electrons. The third-order valence-corrected chi connectivity index (χ3v) is 3.34. The van der Waals surface area contributed by atoms with Gasteiger partial charge < -0.3 is 9.84 Å². The van der Waals surface area contributed by atoms with Crippen LogP contribution in [0.5, 0.6) is 0 Å². The Morgan fingerprint density at radius 3 is 3.17 bits per heavy atom. The first-order valence-electron chi connectivity index (χ1n) is 6.53. The second kappa shape index (κ2) is 4.80. The molecule has 1 N–H and O–H groups in total. The van der Waals surface area contributed by atoms with E-state index in [1.54, 1.807) is 0 Å². The molecule has 0 fully saturated rings. The first-order valence-corrected chi connectivity index (χ1v) is 6.53. The number of nitrogens with one attached hydrogen (secondary N) is 1. The molecule has 0 spiro atoms. The van der Waals surface area contributed by atoms with E-state index in [0.717, 1.165) is 37.5 Å². The molecule has 1 aliphatic rings. The summed E-state index contributed by atoms with van der Waals surface area (Å²) in [6, 6.07) is 8.34. The smallest absolute Gasteiger partial charge is 0.234 e. The van der Waals surface area contributed by atoms with Gasteiger partial charge in [-0.2, -0.15) is 4.98 Å². The summed E-state index contributed by atoms with van der Waals surface area (Å²) >= 11 is 0. The van der Waals surface area contributed by atoms with Crippen molar-refractivity contribution in [3.8, 4) is 0 Å². The molecule has 1 unspecified atom stereocenters. The number of hydrogen-bond acceptors (Lipinski definition) is 4. The van der Waals surface area contributed by atoms with Gasteiger partial charge in [0.05, 0.1) is 5.92 Å². The van der Waals surface area contributed by atoms with Crippen LogP contribution < -0.4 is 5.32 Å². The minimum atomic E-state index is 0.237. The van der Waals surface area contributed by atoms with Gasteiger partial charge in [0.25, 0.3) is 0 Å². The van der Waals surface area contributed by atoms with Crippen molar-refractivity contribution in [3.63, 3.8) is 0 Å². The number of benzene rings is 1.